The van der Waals surface area contributed by atoms with Crippen LogP contribution in [0.25, 0.3) is 10.9 Å². The van der Waals surface area contributed by atoms with E-state index >= 15 is 0 Å². The molecule has 19 heavy (non-hydrogen) atoms. The van der Waals surface area contributed by atoms with Gasteiger partial charge in [0, 0.05) is 23.0 Å². The third-order valence-electron chi connectivity index (χ3n) is 2.80. The molecule has 0 saturated carbocycles. The lowest BCUT2D eigenvalue weighted by Gasteiger charge is -2.09. The molecule has 0 aliphatic heterocycles. The highest BCUT2D eigenvalue weighted by atomic mass is 35.5. The molecule has 0 bridgehead atoms. The van der Waals surface area contributed by atoms with Crippen molar-refractivity contribution in [2.45, 2.75) is 6.54 Å². The molecule has 0 radical (unpaired) electrons. The van der Waals surface area contributed by atoms with Crippen molar-refractivity contribution in [3.05, 3.63) is 56.8 Å². The molecule has 3 aromatic rings. The molecule has 3 rings (SSSR count). The summed E-state index contributed by atoms with van der Waals surface area (Å²) in [6.45, 7) is 0.727. The van der Waals surface area contributed by atoms with Crippen molar-refractivity contribution in [1.82, 2.24) is 4.98 Å². The molecule has 0 aliphatic carbocycles. The molecule has 1 aromatic carbocycles. The molecule has 0 atom stereocenters. The minimum Gasteiger partial charge on any atom is -0.378 e. The normalized spacial score (nSPS) is 10.8. The zero-order valence-corrected chi connectivity index (χ0v) is 12.2. The van der Waals surface area contributed by atoms with Crippen LogP contribution in [0.15, 0.2) is 42.6 Å². The summed E-state index contributed by atoms with van der Waals surface area (Å²) in [4.78, 5) is 5.57. The fraction of sp³-hybridized carbons (Fsp3) is 0.0714. The lowest BCUT2D eigenvalue weighted by atomic mass is 10.2. The molecule has 5 heteroatoms. The standard InChI is InChI=1S/C14H10Cl2N2S/c15-11-4-5-12(14-10(11)2-1-7-17-14)18-8-9-3-6-13(16)19-9/h1-7,18H,8H2. The van der Waals surface area contributed by atoms with Crippen LogP contribution in [-0.2, 0) is 6.54 Å². The molecule has 2 heterocycles. The summed E-state index contributed by atoms with van der Waals surface area (Å²) in [6, 6.07) is 11.6. The van der Waals surface area contributed by atoms with Crippen molar-refractivity contribution in [3.63, 3.8) is 0 Å². The van der Waals surface area contributed by atoms with Crippen LogP contribution >= 0.6 is 34.5 Å². The molecule has 0 saturated heterocycles. The Morgan fingerprint density at radius 2 is 2.00 bits per heavy atom. The number of halogens is 2. The summed E-state index contributed by atoms with van der Waals surface area (Å²) >= 11 is 13.7. The summed E-state index contributed by atoms with van der Waals surface area (Å²) in [5.74, 6) is 0. The van der Waals surface area contributed by atoms with Gasteiger partial charge < -0.3 is 5.32 Å². The van der Waals surface area contributed by atoms with Crippen molar-refractivity contribution < 1.29 is 0 Å². The molecule has 2 aromatic heterocycles. The first-order chi connectivity index (χ1) is 9.24. The van der Waals surface area contributed by atoms with Gasteiger partial charge in [0.25, 0.3) is 0 Å². The Hall–Kier alpha value is -1.29. The van der Waals surface area contributed by atoms with Gasteiger partial charge in [0.1, 0.15) is 0 Å². The monoisotopic (exact) mass is 308 g/mol. The van der Waals surface area contributed by atoms with E-state index in [0.29, 0.717) is 5.02 Å². The predicted molar refractivity (Wildman–Crippen MR) is 83.4 cm³/mol. The van der Waals surface area contributed by atoms with Crippen molar-refractivity contribution in [3.8, 4) is 0 Å². The van der Waals surface area contributed by atoms with Crippen LogP contribution in [0.1, 0.15) is 4.88 Å². The summed E-state index contributed by atoms with van der Waals surface area (Å²) in [7, 11) is 0. The molecule has 0 aliphatic rings. The van der Waals surface area contributed by atoms with E-state index in [1.54, 1.807) is 17.5 Å². The fourth-order valence-electron chi connectivity index (χ4n) is 1.91. The zero-order chi connectivity index (χ0) is 13.2. The SMILES string of the molecule is Clc1ccc(CNc2ccc(Cl)c3cccnc23)s1. The third-order valence-corrected chi connectivity index (χ3v) is 4.36. The van der Waals surface area contributed by atoms with Crippen LogP contribution in [0, 0.1) is 0 Å². The van der Waals surface area contributed by atoms with E-state index in [0.717, 1.165) is 27.5 Å². The van der Waals surface area contributed by atoms with Crippen molar-refractivity contribution >= 4 is 51.1 Å². The Labute approximate surface area is 125 Å². The van der Waals surface area contributed by atoms with Crippen molar-refractivity contribution in [2.75, 3.05) is 5.32 Å². The first-order valence-corrected chi connectivity index (χ1v) is 7.32. The van der Waals surface area contributed by atoms with Crippen LogP contribution in [0.3, 0.4) is 0 Å². The number of nitrogens with zero attached hydrogens (tertiary/aromatic N) is 1. The Morgan fingerprint density at radius 3 is 2.79 bits per heavy atom. The first kappa shape index (κ1) is 12.7. The van der Waals surface area contributed by atoms with Gasteiger partial charge in [0.05, 0.1) is 20.6 Å². The van der Waals surface area contributed by atoms with Gasteiger partial charge in [-0.3, -0.25) is 4.98 Å². The largest absolute Gasteiger partial charge is 0.378 e. The van der Waals surface area contributed by atoms with Gasteiger partial charge >= 0.3 is 0 Å². The van der Waals surface area contributed by atoms with Crippen LogP contribution in [0.4, 0.5) is 5.69 Å². The molecule has 96 valence electrons. The number of pyridine rings is 1. The van der Waals surface area contributed by atoms with Crippen LogP contribution in [0.2, 0.25) is 9.36 Å². The maximum atomic E-state index is 6.17. The molecule has 0 unspecified atom stereocenters. The highest BCUT2D eigenvalue weighted by Crippen LogP contribution is 2.29. The summed E-state index contributed by atoms with van der Waals surface area (Å²) in [5.41, 5.74) is 1.86. The van der Waals surface area contributed by atoms with Gasteiger partial charge in [-0.15, -0.1) is 11.3 Å². The average Bonchev–Trinajstić information content (AvgIpc) is 2.84. The number of fused-ring (bicyclic) bond motifs is 1. The molecular weight excluding hydrogens is 299 g/mol. The molecule has 2 nitrogen and oxygen atoms in total. The minimum absolute atomic E-state index is 0.716. The van der Waals surface area contributed by atoms with E-state index in [-0.39, 0.29) is 0 Å². The average molecular weight is 309 g/mol. The Balaban J connectivity index is 1.91. The van der Waals surface area contributed by atoms with E-state index in [4.69, 9.17) is 23.2 Å². The smallest absolute Gasteiger partial charge is 0.0948 e. The molecule has 0 amide bonds. The van der Waals surface area contributed by atoms with Crippen LogP contribution in [-0.4, -0.2) is 4.98 Å². The van der Waals surface area contributed by atoms with Gasteiger partial charge in [-0.25, -0.2) is 0 Å². The van der Waals surface area contributed by atoms with Crippen molar-refractivity contribution in [2.24, 2.45) is 0 Å². The second kappa shape index (κ2) is 5.37. The molecule has 0 spiro atoms. The maximum absolute atomic E-state index is 6.17. The fourth-order valence-corrected chi connectivity index (χ4v) is 3.15. The predicted octanol–water partition coefficient (Wildman–Crippen LogP) is 5.22. The van der Waals surface area contributed by atoms with Gasteiger partial charge in [0.2, 0.25) is 0 Å². The summed E-state index contributed by atoms with van der Waals surface area (Å²) in [6.07, 6.45) is 1.77. The van der Waals surface area contributed by atoms with E-state index in [9.17, 15) is 0 Å². The maximum Gasteiger partial charge on any atom is 0.0948 e. The second-order valence-electron chi connectivity index (χ2n) is 4.05. The molecular formula is C14H10Cl2N2S. The number of nitrogens with one attached hydrogen (secondary N) is 1. The van der Waals surface area contributed by atoms with Crippen LogP contribution < -0.4 is 5.32 Å². The van der Waals surface area contributed by atoms with E-state index < -0.39 is 0 Å². The van der Waals surface area contributed by atoms with Gasteiger partial charge in [-0.2, -0.15) is 0 Å². The highest BCUT2D eigenvalue weighted by Gasteiger charge is 2.06. The van der Waals surface area contributed by atoms with Gasteiger partial charge in [0.15, 0.2) is 0 Å². The number of rotatable bonds is 3. The van der Waals surface area contributed by atoms with E-state index in [2.05, 4.69) is 10.3 Å². The summed E-state index contributed by atoms with van der Waals surface area (Å²) < 4.78 is 0.802. The van der Waals surface area contributed by atoms with E-state index in [1.807, 2.05) is 36.4 Å². The zero-order valence-electron chi connectivity index (χ0n) is 9.86. The summed E-state index contributed by atoms with van der Waals surface area (Å²) in [5, 5.41) is 5.05. The number of hydrogen-bond acceptors (Lipinski definition) is 3. The third kappa shape index (κ3) is 2.68. The van der Waals surface area contributed by atoms with Crippen molar-refractivity contribution in [1.29, 1.82) is 0 Å². The van der Waals surface area contributed by atoms with Gasteiger partial charge in [-0.1, -0.05) is 23.2 Å². The van der Waals surface area contributed by atoms with Gasteiger partial charge in [-0.05, 0) is 36.4 Å². The minimum atomic E-state index is 0.716. The number of hydrogen-bond donors (Lipinski definition) is 1. The second-order valence-corrected chi connectivity index (χ2v) is 6.26. The number of thiophene rings is 1. The number of anilines is 1. The molecule has 0 fully saturated rings. The highest BCUT2D eigenvalue weighted by molar-refractivity contribution is 7.16. The quantitative estimate of drug-likeness (QED) is 0.718. The van der Waals surface area contributed by atoms with Crippen LogP contribution in [0.5, 0.6) is 0 Å². The van der Waals surface area contributed by atoms with E-state index in [1.165, 1.54) is 4.88 Å². The number of benzene rings is 1. The Kier molecular flexibility index (Phi) is 3.60. The topological polar surface area (TPSA) is 24.9 Å². The lowest BCUT2D eigenvalue weighted by Crippen LogP contribution is -1.98. The first-order valence-electron chi connectivity index (χ1n) is 5.75. The molecule has 1 N–H and O–H groups in total. The Morgan fingerprint density at radius 1 is 1.11 bits per heavy atom. The Bertz CT molecular complexity index is 724. The number of aromatic nitrogens is 1. The lowest BCUT2D eigenvalue weighted by molar-refractivity contribution is 1.19.